The number of rotatable bonds is 23. The Hall–Kier alpha value is -3.90. The number of hydrogen-bond acceptors (Lipinski definition) is 13. The lowest BCUT2D eigenvalue weighted by atomic mass is 9.99. The van der Waals surface area contributed by atoms with E-state index in [0.717, 1.165) is 25.2 Å². The molecule has 14 nitrogen and oxygen atoms in total. The minimum Gasteiger partial charge on any atom is -0.446 e. The van der Waals surface area contributed by atoms with Crippen LogP contribution in [0.25, 0.3) is 0 Å². The molecular formula is C46H81N3O11. The van der Waals surface area contributed by atoms with Crippen molar-refractivity contribution in [3.8, 4) is 12.3 Å². The van der Waals surface area contributed by atoms with Crippen molar-refractivity contribution in [2.24, 2.45) is 16.2 Å². The summed E-state index contributed by atoms with van der Waals surface area (Å²) in [6, 6.07) is 9.86. The van der Waals surface area contributed by atoms with Crippen LogP contribution in [0.15, 0.2) is 30.3 Å². The fourth-order valence-electron chi connectivity index (χ4n) is 4.04. The first kappa shape index (κ1) is 58.2. The van der Waals surface area contributed by atoms with Crippen LogP contribution in [0, 0.1) is 28.6 Å². The standard InChI is InChI=1S/C16H33NO4.C15H29NO5.C15H19NO2/c1-15(2,3)10-19-12-17-9-7-8-14(18)21-13-20-11-16(4,5)6;1-14(2,3)10-19-11-20-12(17)8-7-9-16-13(18)21-15(4,5)6;1-4-15(2,3)18-14(17)11-8-12-16-13-9-6-5-7-10-13/h17H,7-13H2,1-6H3;7-11H2,1-6H3,(H,16,18);1,5-7,9-10,16H,8,11-12H2,2-3H3. The normalized spacial score (nSPS) is 11.7. The fraction of sp³-hybridized carbons (Fsp3) is 0.739. The Balaban J connectivity index is 0. The second kappa shape index (κ2) is 31.0. The molecule has 0 saturated carbocycles. The zero-order valence-electron chi connectivity index (χ0n) is 39.6. The molecule has 1 amide bonds. The molecule has 0 bridgehead atoms. The summed E-state index contributed by atoms with van der Waals surface area (Å²) < 4.78 is 36.1. The number of esters is 3. The van der Waals surface area contributed by atoms with Crippen molar-refractivity contribution in [1.29, 1.82) is 0 Å². The van der Waals surface area contributed by atoms with E-state index in [1.807, 2.05) is 51.1 Å². The zero-order chi connectivity index (χ0) is 46.3. The van der Waals surface area contributed by atoms with Crippen molar-refractivity contribution in [2.45, 2.75) is 147 Å². The van der Waals surface area contributed by atoms with Crippen LogP contribution in [0.5, 0.6) is 0 Å². The summed E-state index contributed by atoms with van der Waals surface area (Å²) in [5, 5.41) is 8.95. The zero-order valence-corrected chi connectivity index (χ0v) is 39.6. The van der Waals surface area contributed by atoms with E-state index in [4.69, 9.17) is 39.6 Å². The maximum Gasteiger partial charge on any atom is 0.407 e. The summed E-state index contributed by atoms with van der Waals surface area (Å²) in [4.78, 5) is 45.6. The van der Waals surface area contributed by atoms with Gasteiger partial charge in [0.25, 0.3) is 0 Å². The van der Waals surface area contributed by atoms with Gasteiger partial charge in [-0.15, -0.1) is 6.42 Å². The predicted molar refractivity (Wildman–Crippen MR) is 237 cm³/mol. The summed E-state index contributed by atoms with van der Waals surface area (Å²) in [5.74, 6) is 1.61. The molecule has 1 aromatic rings. The molecule has 346 valence electrons. The molecule has 0 atom stereocenters. The number of benzene rings is 1. The SMILES string of the molecule is C#CC(C)(C)OC(=O)CCCNc1ccccc1.CC(C)(C)COCNCCCC(=O)OCOCC(C)(C)C.CC(C)(C)COCOC(=O)CCCNC(=O)OC(C)(C)C. The highest BCUT2D eigenvalue weighted by Gasteiger charge is 2.19. The summed E-state index contributed by atoms with van der Waals surface area (Å²) in [7, 11) is 0. The van der Waals surface area contributed by atoms with Gasteiger partial charge < -0.3 is 43.8 Å². The van der Waals surface area contributed by atoms with Crippen LogP contribution < -0.4 is 16.0 Å². The molecule has 14 heteroatoms. The molecule has 0 aliphatic rings. The maximum absolute atomic E-state index is 11.5. The van der Waals surface area contributed by atoms with Crippen LogP contribution in [0.2, 0.25) is 0 Å². The van der Waals surface area contributed by atoms with Gasteiger partial charge in [-0.1, -0.05) is 86.4 Å². The van der Waals surface area contributed by atoms with Crippen molar-refractivity contribution in [1.82, 2.24) is 10.6 Å². The van der Waals surface area contributed by atoms with Gasteiger partial charge in [0.05, 0.1) is 26.6 Å². The van der Waals surface area contributed by atoms with Gasteiger partial charge in [-0.25, -0.2) is 4.79 Å². The molecule has 1 rings (SSSR count). The Morgan fingerprint density at radius 1 is 0.583 bits per heavy atom. The first-order chi connectivity index (χ1) is 27.6. The lowest BCUT2D eigenvalue weighted by Gasteiger charge is -2.19. The van der Waals surface area contributed by atoms with Gasteiger partial charge >= 0.3 is 24.0 Å². The highest BCUT2D eigenvalue weighted by atomic mass is 16.7. The molecule has 0 heterocycles. The lowest BCUT2D eigenvalue weighted by Crippen LogP contribution is -2.33. The smallest absolute Gasteiger partial charge is 0.407 e. The highest BCUT2D eigenvalue weighted by Crippen LogP contribution is 2.15. The average Bonchev–Trinajstić information content (AvgIpc) is 3.11. The van der Waals surface area contributed by atoms with Crippen molar-refractivity contribution < 1.29 is 52.3 Å². The quantitative estimate of drug-likeness (QED) is 0.0315. The Morgan fingerprint density at radius 2 is 1.03 bits per heavy atom. The van der Waals surface area contributed by atoms with Crippen LogP contribution in [-0.4, -0.2) is 95.0 Å². The second-order valence-corrected chi connectivity index (χ2v) is 19.3. The number of para-hydroxylation sites is 1. The molecule has 0 unspecified atom stereocenters. The average molecular weight is 852 g/mol. The summed E-state index contributed by atoms with van der Waals surface area (Å²) in [5.41, 5.74) is 0.0260. The molecule has 0 radical (unpaired) electrons. The van der Waals surface area contributed by atoms with Gasteiger partial charge in [-0.05, 0) is 88.8 Å². The lowest BCUT2D eigenvalue weighted by molar-refractivity contribution is -0.159. The molecule has 0 aromatic heterocycles. The number of amides is 1. The Morgan fingerprint density at radius 3 is 1.50 bits per heavy atom. The van der Waals surface area contributed by atoms with E-state index in [9.17, 15) is 19.2 Å². The summed E-state index contributed by atoms with van der Waals surface area (Å²) in [6.07, 6.45) is 7.70. The predicted octanol–water partition coefficient (Wildman–Crippen LogP) is 8.63. The van der Waals surface area contributed by atoms with Gasteiger partial charge in [0, 0.05) is 38.0 Å². The minimum absolute atomic E-state index is 0.0321. The van der Waals surface area contributed by atoms with Crippen LogP contribution in [-0.2, 0) is 47.5 Å². The van der Waals surface area contributed by atoms with Crippen molar-refractivity contribution in [3.05, 3.63) is 30.3 Å². The summed E-state index contributed by atoms with van der Waals surface area (Å²) in [6.45, 7) is 31.7. The first-order valence-corrected chi connectivity index (χ1v) is 20.8. The van der Waals surface area contributed by atoms with E-state index >= 15 is 0 Å². The Labute approximate surface area is 362 Å². The van der Waals surface area contributed by atoms with Gasteiger partial charge in [-0.2, -0.15) is 0 Å². The molecule has 0 spiro atoms. The Bertz CT molecular complexity index is 1350. The van der Waals surface area contributed by atoms with Crippen LogP contribution >= 0.6 is 0 Å². The molecule has 0 fully saturated rings. The van der Waals surface area contributed by atoms with E-state index in [-0.39, 0.29) is 54.2 Å². The number of terminal acetylenes is 1. The molecule has 60 heavy (non-hydrogen) atoms. The van der Waals surface area contributed by atoms with E-state index < -0.39 is 17.3 Å². The molecule has 1 aromatic carbocycles. The van der Waals surface area contributed by atoms with Crippen LogP contribution in [0.3, 0.4) is 0 Å². The van der Waals surface area contributed by atoms with Crippen LogP contribution in [0.1, 0.15) is 135 Å². The largest absolute Gasteiger partial charge is 0.446 e. The first-order valence-electron chi connectivity index (χ1n) is 20.8. The van der Waals surface area contributed by atoms with Crippen molar-refractivity contribution in [2.75, 3.05) is 65.1 Å². The highest BCUT2D eigenvalue weighted by molar-refractivity contribution is 5.70. The monoisotopic (exact) mass is 852 g/mol. The van der Waals surface area contributed by atoms with E-state index in [0.29, 0.717) is 58.8 Å². The number of ether oxygens (including phenoxy) is 7. The number of carbonyl (C=O) groups excluding carboxylic acids is 4. The van der Waals surface area contributed by atoms with Gasteiger partial charge in [0.15, 0.2) is 19.2 Å². The molecule has 0 aliphatic carbocycles. The number of hydrogen-bond donors (Lipinski definition) is 3. The number of anilines is 1. The number of nitrogens with one attached hydrogen (secondary N) is 3. The molecular weight excluding hydrogens is 771 g/mol. The van der Waals surface area contributed by atoms with Gasteiger partial charge in [-0.3, -0.25) is 19.7 Å². The topological polar surface area (TPSA) is 169 Å². The van der Waals surface area contributed by atoms with E-state index in [1.165, 1.54) is 0 Å². The molecule has 0 aliphatic heterocycles. The second-order valence-electron chi connectivity index (χ2n) is 19.3. The third-order valence-electron chi connectivity index (χ3n) is 6.75. The van der Waals surface area contributed by atoms with Crippen LogP contribution in [0.4, 0.5) is 10.5 Å². The third kappa shape index (κ3) is 45.2. The van der Waals surface area contributed by atoms with Gasteiger partial charge in [0.2, 0.25) is 0 Å². The summed E-state index contributed by atoms with van der Waals surface area (Å²) >= 11 is 0. The maximum atomic E-state index is 11.5. The molecule has 3 N–H and O–H groups in total. The fourth-order valence-corrected chi connectivity index (χ4v) is 4.04. The third-order valence-corrected chi connectivity index (χ3v) is 6.75. The Kier molecular flexibility index (Phi) is 30.1. The van der Waals surface area contributed by atoms with Gasteiger partial charge in [0.1, 0.15) is 5.60 Å². The minimum atomic E-state index is -0.816. The number of alkyl carbamates (subject to hydrolysis) is 1. The molecule has 0 saturated heterocycles. The van der Waals surface area contributed by atoms with Crippen molar-refractivity contribution in [3.63, 3.8) is 0 Å². The van der Waals surface area contributed by atoms with E-state index in [1.54, 1.807) is 34.6 Å². The number of carbonyl (C=O) groups is 4. The van der Waals surface area contributed by atoms with Crippen molar-refractivity contribution >= 4 is 29.7 Å². The van der Waals surface area contributed by atoms with E-state index in [2.05, 4.69) is 63.4 Å².